The zero-order valence-electron chi connectivity index (χ0n) is 12.0. The highest BCUT2D eigenvalue weighted by molar-refractivity contribution is 6.30. The van der Waals surface area contributed by atoms with Crippen LogP contribution < -0.4 is 0 Å². The Balaban J connectivity index is 2.25. The zero-order chi connectivity index (χ0) is 13.5. The molecule has 3 nitrogen and oxygen atoms in total. The van der Waals surface area contributed by atoms with Crippen molar-refractivity contribution in [2.24, 2.45) is 5.92 Å². The Bertz CT molecular complexity index is 250. The second kappa shape index (κ2) is 8.00. The van der Waals surface area contributed by atoms with Gasteiger partial charge in [0.25, 0.3) is 0 Å². The van der Waals surface area contributed by atoms with Gasteiger partial charge in [0.15, 0.2) is 0 Å². The van der Waals surface area contributed by atoms with Crippen molar-refractivity contribution in [3.8, 4) is 0 Å². The molecule has 1 unspecified atom stereocenters. The minimum atomic E-state index is -0.381. The van der Waals surface area contributed by atoms with Crippen LogP contribution in [0.2, 0.25) is 0 Å². The molecular weight excluding hydrogens is 248 g/mol. The zero-order valence-corrected chi connectivity index (χ0v) is 12.7. The van der Waals surface area contributed by atoms with E-state index < -0.39 is 0 Å². The predicted octanol–water partition coefficient (Wildman–Crippen LogP) is 2.58. The number of hydrogen-bond donors (Lipinski definition) is 0. The molecule has 0 bridgehead atoms. The lowest BCUT2D eigenvalue weighted by atomic mass is 9.96. The number of nitrogens with zero attached hydrogens (tertiary/aromatic N) is 2. The first-order chi connectivity index (χ1) is 8.54. The standard InChI is InChI=1S/C14H27ClN2O/c1-4-5-8-16(3)11-13-6-9-17(10-7-13)14(18)12(2)15/h12-13H,4-11H2,1-3H3. The number of alkyl halides is 1. The van der Waals surface area contributed by atoms with Gasteiger partial charge in [0.1, 0.15) is 5.38 Å². The van der Waals surface area contributed by atoms with Crippen LogP contribution in [0.15, 0.2) is 0 Å². The summed E-state index contributed by atoms with van der Waals surface area (Å²) in [5, 5.41) is -0.381. The van der Waals surface area contributed by atoms with E-state index in [0.29, 0.717) is 0 Å². The largest absolute Gasteiger partial charge is 0.341 e. The van der Waals surface area contributed by atoms with Crippen molar-refractivity contribution in [3.63, 3.8) is 0 Å². The second-order valence-corrected chi connectivity index (χ2v) is 6.16. The SMILES string of the molecule is CCCCN(C)CC1CCN(C(=O)C(C)Cl)CC1. The van der Waals surface area contributed by atoms with Crippen LogP contribution in [0.5, 0.6) is 0 Å². The Labute approximate surface area is 116 Å². The van der Waals surface area contributed by atoms with E-state index in [2.05, 4.69) is 18.9 Å². The van der Waals surface area contributed by atoms with Crippen LogP contribution in [0.25, 0.3) is 0 Å². The maximum Gasteiger partial charge on any atom is 0.240 e. The van der Waals surface area contributed by atoms with Crippen molar-refractivity contribution in [3.05, 3.63) is 0 Å². The molecule has 1 fully saturated rings. The number of unbranched alkanes of at least 4 members (excludes halogenated alkanes) is 1. The third-order valence-electron chi connectivity index (χ3n) is 3.73. The molecule has 1 amide bonds. The van der Waals surface area contributed by atoms with E-state index in [1.54, 1.807) is 6.92 Å². The molecule has 1 aliphatic heterocycles. The molecule has 1 saturated heterocycles. The smallest absolute Gasteiger partial charge is 0.240 e. The number of piperidine rings is 1. The fraction of sp³-hybridized carbons (Fsp3) is 0.929. The molecule has 1 atom stereocenters. The summed E-state index contributed by atoms with van der Waals surface area (Å²) in [4.78, 5) is 16.1. The molecule has 1 aliphatic rings. The lowest BCUT2D eigenvalue weighted by Gasteiger charge is -2.34. The highest BCUT2D eigenvalue weighted by Gasteiger charge is 2.25. The molecular formula is C14H27ClN2O. The average Bonchev–Trinajstić information content (AvgIpc) is 2.36. The van der Waals surface area contributed by atoms with Gasteiger partial charge < -0.3 is 9.80 Å². The van der Waals surface area contributed by atoms with Gasteiger partial charge in [-0.1, -0.05) is 13.3 Å². The summed E-state index contributed by atoms with van der Waals surface area (Å²) >= 11 is 5.84. The van der Waals surface area contributed by atoms with Crippen molar-refractivity contribution >= 4 is 17.5 Å². The van der Waals surface area contributed by atoms with E-state index in [0.717, 1.165) is 31.8 Å². The average molecular weight is 275 g/mol. The van der Waals surface area contributed by atoms with E-state index in [1.807, 2.05) is 4.90 Å². The van der Waals surface area contributed by atoms with Crippen LogP contribution in [0.1, 0.15) is 39.5 Å². The third-order valence-corrected chi connectivity index (χ3v) is 3.92. The molecule has 106 valence electrons. The summed E-state index contributed by atoms with van der Waals surface area (Å²) in [7, 11) is 2.20. The molecule has 0 aromatic heterocycles. The first-order valence-electron chi connectivity index (χ1n) is 7.16. The van der Waals surface area contributed by atoms with E-state index in [9.17, 15) is 4.79 Å². The normalized spacial score (nSPS) is 19.3. The van der Waals surface area contributed by atoms with Gasteiger partial charge in [-0.2, -0.15) is 0 Å². The number of carbonyl (C=O) groups is 1. The molecule has 0 radical (unpaired) electrons. The van der Waals surface area contributed by atoms with E-state index >= 15 is 0 Å². The Hall–Kier alpha value is -0.280. The summed E-state index contributed by atoms with van der Waals surface area (Å²) in [5.74, 6) is 0.830. The quantitative estimate of drug-likeness (QED) is 0.695. The van der Waals surface area contributed by atoms with Gasteiger partial charge in [0.2, 0.25) is 5.91 Å². The molecule has 0 aromatic carbocycles. The second-order valence-electron chi connectivity index (χ2n) is 5.50. The maximum absolute atomic E-state index is 11.8. The Morgan fingerprint density at radius 1 is 1.44 bits per heavy atom. The summed E-state index contributed by atoms with van der Waals surface area (Å²) < 4.78 is 0. The van der Waals surface area contributed by atoms with Crippen molar-refractivity contribution in [2.75, 3.05) is 33.2 Å². The van der Waals surface area contributed by atoms with Crippen molar-refractivity contribution in [1.82, 2.24) is 9.80 Å². The minimum absolute atomic E-state index is 0.0921. The van der Waals surface area contributed by atoms with Gasteiger partial charge in [-0.25, -0.2) is 0 Å². The molecule has 0 spiro atoms. The first kappa shape index (κ1) is 15.8. The van der Waals surface area contributed by atoms with Crippen LogP contribution in [0, 0.1) is 5.92 Å². The summed E-state index contributed by atoms with van der Waals surface area (Å²) in [6.07, 6.45) is 4.76. The van der Waals surface area contributed by atoms with Gasteiger partial charge in [0, 0.05) is 19.6 Å². The number of amides is 1. The lowest BCUT2D eigenvalue weighted by Crippen LogP contribution is -2.43. The fourth-order valence-corrected chi connectivity index (χ4v) is 2.69. The molecule has 18 heavy (non-hydrogen) atoms. The van der Waals surface area contributed by atoms with Gasteiger partial charge in [-0.05, 0) is 45.7 Å². The molecule has 0 aliphatic carbocycles. The molecule has 1 rings (SSSR count). The number of halogens is 1. The number of rotatable bonds is 6. The van der Waals surface area contributed by atoms with Gasteiger partial charge >= 0.3 is 0 Å². The van der Waals surface area contributed by atoms with Crippen LogP contribution in [-0.4, -0.2) is 54.3 Å². The first-order valence-corrected chi connectivity index (χ1v) is 7.59. The van der Waals surface area contributed by atoms with Crippen LogP contribution >= 0.6 is 11.6 Å². The van der Waals surface area contributed by atoms with Crippen LogP contribution in [0.4, 0.5) is 0 Å². The van der Waals surface area contributed by atoms with Crippen LogP contribution in [-0.2, 0) is 4.79 Å². The molecule has 4 heteroatoms. The van der Waals surface area contributed by atoms with Crippen LogP contribution in [0.3, 0.4) is 0 Å². The van der Waals surface area contributed by atoms with Gasteiger partial charge in [-0.15, -0.1) is 11.6 Å². The highest BCUT2D eigenvalue weighted by Crippen LogP contribution is 2.19. The molecule has 1 heterocycles. The summed E-state index contributed by atoms with van der Waals surface area (Å²) in [6, 6.07) is 0. The Morgan fingerprint density at radius 2 is 2.06 bits per heavy atom. The number of hydrogen-bond acceptors (Lipinski definition) is 2. The minimum Gasteiger partial charge on any atom is -0.341 e. The molecule has 0 N–H and O–H groups in total. The van der Waals surface area contributed by atoms with E-state index in [1.165, 1.54) is 25.9 Å². The third kappa shape index (κ3) is 5.15. The predicted molar refractivity (Wildman–Crippen MR) is 77.0 cm³/mol. The van der Waals surface area contributed by atoms with E-state index in [4.69, 9.17) is 11.6 Å². The monoisotopic (exact) mass is 274 g/mol. The Morgan fingerprint density at radius 3 is 2.56 bits per heavy atom. The molecule has 0 saturated carbocycles. The Kier molecular flexibility index (Phi) is 7.02. The van der Waals surface area contributed by atoms with Crippen molar-refractivity contribution < 1.29 is 4.79 Å². The van der Waals surface area contributed by atoms with Crippen molar-refractivity contribution in [1.29, 1.82) is 0 Å². The van der Waals surface area contributed by atoms with E-state index in [-0.39, 0.29) is 11.3 Å². The number of carbonyl (C=O) groups excluding carboxylic acids is 1. The van der Waals surface area contributed by atoms with Gasteiger partial charge in [-0.3, -0.25) is 4.79 Å². The van der Waals surface area contributed by atoms with Crippen molar-refractivity contribution in [2.45, 2.75) is 44.9 Å². The number of likely N-dealkylation sites (tertiary alicyclic amines) is 1. The summed E-state index contributed by atoms with van der Waals surface area (Å²) in [5.41, 5.74) is 0. The summed E-state index contributed by atoms with van der Waals surface area (Å²) in [6.45, 7) is 8.09. The van der Waals surface area contributed by atoms with Gasteiger partial charge in [0.05, 0.1) is 0 Å². The lowest BCUT2D eigenvalue weighted by molar-refractivity contribution is -0.131. The fourth-order valence-electron chi connectivity index (χ4n) is 2.55. The molecule has 0 aromatic rings. The maximum atomic E-state index is 11.8. The topological polar surface area (TPSA) is 23.6 Å². The highest BCUT2D eigenvalue weighted by atomic mass is 35.5.